The van der Waals surface area contributed by atoms with Crippen LogP contribution in [0.15, 0.2) is 79.0 Å². The Morgan fingerprint density at radius 1 is 0.833 bits per heavy atom. The maximum absolute atomic E-state index is 6.40. The number of aromatic nitrogens is 3. The molecular formula is C26H22N4. The Balaban J connectivity index is 1.53. The predicted molar refractivity (Wildman–Crippen MR) is 122 cm³/mol. The molecule has 0 saturated heterocycles. The van der Waals surface area contributed by atoms with E-state index in [1.54, 1.807) is 0 Å². The van der Waals surface area contributed by atoms with Gasteiger partial charge in [-0.25, -0.2) is 9.97 Å². The number of hydrogen-bond donors (Lipinski definition) is 1. The molecule has 4 nitrogen and oxygen atoms in total. The lowest BCUT2D eigenvalue weighted by molar-refractivity contribution is 0.400. The third kappa shape index (κ3) is 2.68. The molecule has 5 aromatic rings. The van der Waals surface area contributed by atoms with Crippen molar-refractivity contribution in [1.29, 1.82) is 0 Å². The van der Waals surface area contributed by atoms with Gasteiger partial charge in [0.25, 0.3) is 0 Å². The van der Waals surface area contributed by atoms with Gasteiger partial charge in [0.05, 0.1) is 28.1 Å². The van der Waals surface area contributed by atoms with Crippen molar-refractivity contribution < 1.29 is 0 Å². The zero-order chi connectivity index (χ0) is 20.1. The van der Waals surface area contributed by atoms with E-state index in [1.165, 1.54) is 19.3 Å². The molecule has 0 spiro atoms. The van der Waals surface area contributed by atoms with Gasteiger partial charge in [-0.1, -0.05) is 55.0 Å². The van der Waals surface area contributed by atoms with Crippen molar-refractivity contribution in [2.75, 3.05) is 5.73 Å². The van der Waals surface area contributed by atoms with Crippen LogP contribution >= 0.6 is 0 Å². The minimum absolute atomic E-state index is 0.524. The highest BCUT2D eigenvalue weighted by Crippen LogP contribution is 2.39. The van der Waals surface area contributed by atoms with E-state index in [4.69, 9.17) is 15.7 Å². The fourth-order valence-corrected chi connectivity index (χ4v) is 4.38. The summed E-state index contributed by atoms with van der Waals surface area (Å²) in [5.74, 6) is 1.65. The van der Waals surface area contributed by atoms with Crippen molar-refractivity contribution >= 4 is 22.1 Å². The number of pyridine rings is 2. The number of nitrogen functional groups attached to an aromatic ring is 1. The zero-order valence-electron chi connectivity index (χ0n) is 16.6. The molecule has 3 aromatic heterocycles. The second kappa shape index (κ2) is 6.70. The zero-order valence-corrected chi connectivity index (χ0v) is 16.6. The molecule has 3 heterocycles. The van der Waals surface area contributed by atoms with Gasteiger partial charge in [-0.2, -0.15) is 0 Å². The van der Waals surface area contributed by atoms with Gasteiger partial charge in [0.15, 0.2) is 0 Å². The summed E-state index contributed by atoms with van der Waals surface area (Å²) in [6.07, 6.45) is 5.77. The first-order valence-electron chi connectivity index (χ1n) is 10.5. The van der Waals surface area contributed by atoms with E-state index in [-0.39, 0.29) is 0 Å². The first kappa shape index (κ1) is 17.2. The fraction of sp³-hybridized carbons (Fsp3) is 0.154. The van der Waals surface area contributed by atoms with E-state index in [0.29, 0.717) is 5.92 Å². The molecular weight excluding hydrogens is 368 g/mol. The molecule has 0 aliphatic heterocycles. The number of benzene rings is 2. The van der Waals surface area contributed by atoms with Crippen LogP contribution in [0, 0.1) is 0 Å². The Morgan fingerprint density at radius 3 is 2.47 bits per heavy atom. The van der Waals surface area contributed by atoms with Crippen LogP contribution in [-0.4, -0.2) is 14.4 Å². The van der Waals surface area contributed by atoms with E-state index in [2.05, 4.69) is 53.1 Å². The number of nitrogens with zero attached hydrogens (tertiary/aromatic N) is 3. The summed E-state index contributed by atoms with van der Waals surface area (Å²) in [5, 5.41) is 1.12. The topological polar surface area (TPSA) is 56.2 Å². The average Bonchev–Trinajstić information content (AvgIpc) is 3.13. The molecule has 4 heteroatoms. The van der Waals surface area contributed by atoms with E-state index in [1.807, 2.05) is 30.3 Å². The molecule has 0 atom stereocenters. The van der Waals surface area contributed by atoms with Gasteiger partial charge in [-0.15, -0.1) is 0 Å². The van der Waals surface area contributed by atoms with Crippen LogP contribution in [0.4, 0.5) is 5.69 Å². The molecule has 1 aliphatic carbocycles. The first-order chi connectivity index (χ1) is 14.8. The third-order valence-corrected chi connectivity index (χ3v) is 6.23. The van der Waals surface area contributed by atoms with E-state index >= 15 is 0 Å². The van der Waals surface area contributed by atoms with Crippen LogP contribution in [-0.2, 0) is 0 Å². The maximum Gasteiger partial charge on any atom is 0.117 e. The van der Waals surface area contributed by atoms with Crippen molar-refractivity contribution in [3.05, 3.63) is 84.8 Å². The monoisotopic (exact) mass is 390 g/mol. The second-order valence-corrected chi connectivity index (χ2v) is 8.10. The number of hydrogen-bond acceptors (Lipinski definition) is 3. The van der Waals surface area contributed by atoms with Crippen LogP contribution < -0.4 is 5.73 Å². The summed E-state index contributed by atoms with van der Waals surface area (Å²) < 4.78 is 2.19. The lowest BCUT2D eigenvalue weighted by Crippen LogP contribution is -2.12. The molecule has 1 aliphatic rings. The molecule has 0 unspecified atom stereocenters. The Hall–Kier alpha value is -3.66. The van der Waals surface area contributed by atoms with Gasteiger partial charge < -0.3 is 10.1 Å². The maximum atomic E-state index is 6.40. The normalized spacial score (nSPS) is 14.3. The highest BCUT2D eigenvalue weighted by Gasteiger charge is 2.26. The van der Waals surface area contributed by atoms with Gasteiger partial charge >= 0.3 is 0 Å². The van der Waals surface area contributed by atoms with Gasteiger partial charge in [-0.05, 0) is 37.1 Å². The fourth-order valence-electron chi connectivity index (χ4n) is 4.38. The number of nitrogens with two attached hydrogens (primary N) is 1. The summed E-state index contributed by atoms with van der Waals surface area (Å²) in [5.41, 5.74) is 13.2. The molecule has 1 fully saturated rings. The lowest BCUT2D eigenvalue weighted by Gasteiger charge is -2.23. The Morgan fingerprint density at radius 2 is 1.67 bits per heavy atom. The molecule has 0 radical (unpaired) electrons. The Bertz CT molecular complexity index is 1380. The van der Waals surface area contributed by atoms with Crippen molar-refractivity contribution in [2.45, 2.75) is 25.2 Å². The molecule has 2 aromatic carbocycles. The van der Waals surface area contributed by atoms with Gasteiger partial charge in [0.2, 0.25) is 0 Å². The Kier molecular flexibility index (Phi) is 3.85. The molecule has 30 heavy (non-hydrogen) atoms. The number of anilines is 1. The Labute approximate surface area is 175 Å². The smallest absolute Gasteiger partial charge is 0.117 e. The minimum atomic E-state index is 0.524. The van der Waals surface area contributed by atoms with Crippen LogP contribution in [0.2, 0.25) is 0 Å². The summed E-state index contributed by atoms with van der Waals surface area (Å²) in [6, 6.07) is 24.9. The third-order valence-electron chi connectivity index (χ3n) is 6.23. The molecule has 2 N–H and O–H groups in total. The summed E-state index contributed by atoms with van der Waals surface area (Å²) in [4.78, 5) is 10.0. The highest BCUT2D eigenvalue weighted by molar-refractivity contribution is 5.92. The lowest BCUT2D eigenvalue weighted by atomic mass is 9.85. The summed E-state index contributed by atoms with van der Waals surface area (Å²) >= 11 is 0. The summed E-state index contributed by atoms with van der Waals surface area (Å²) in [7, 11) is 0. The molecule has 0 bridgehead atoms. The number of fused-ring (bicyclic) bond motifs is 2. The van der Waals surface area contributed by atoms with Crippen LogP contribution in [0.3, 0.4) is 0 Å². The van der Waals surface area contributed by atoms with Crippen molar-refractivity contribution in [1.82, 2.24) is 14.4 Å². The van der Waals surface area contributed by atoms with E-state index < -0.39 is 0 Å². The van der Waals surface area contributed by atoms with Crippen LogP contribution in [0.25, 0.3) is 38.9 Å². The van der Waals surface area contributed by atoms with E-state index in [0.717, 1.165) is 50.4 Å². The van der Waals surface area contributed by atoms with E-state index in [9.17, 15) is 0 Å². The SMILES string of the molecule is Nc1cccn2c(C3CCC3)nc(-c3ccc4ccc(-c5ccccc5)nc4c3)c12. The number of rotatable bonds is 3. The van der Waals surface area contributed by atoms with Gasteiger partial charge in [0.1, 0.15) is 5.82 Å². The van der Waals surface area contributed by atoms with Crippen molar-refractivity contribution in [3.63, 3.8) is 0 Å². The predicted octanol–water partition coefficient (Wildman–Crippen LogP) is 6.07. The molecule has 6 rings (SSSR count). The minimum Gasteiger partial charge on any atom is -0.397 e. The van der Waals surface area contributed by atoms with Crippen LogP contribution in [0.1, 0.15) is 31.0 Å². The second-order valence-electron chi connectivity index (χ2n) is 8.10. The first-order valence-corrected chi connectivity index (χ1v) is 10.5. The number of imidazole rings is 1. The highest BCUT2D eigenvalue weighted by atomic mass is 15.0. The standard InChI is InChI=1S/C26H22N4/c27-21-10-5-15-30-25(21)24(29-26(30)19-8-4-9-19)20-12-11-18-13-14-22(28-23(18)16-20)17-6-2-1-3-7-17/h1-3,5-7,10-16,19H,4,8-9,27H2. The average molecular weight is 390 g/mol. The van der Waals surface area contributed by atoms with Gasteiger partial charge in [-0.3, -0.25) is 0 Å². The molecule has 146 valence electrons. The largest absolute Gasteiger partial charge is 0.397 e. The van der Waals surface area contributed by atoms with Crippen LogP contribution in [0.5, 0.6) is 0 Å². The van der Waals surface area contributed by atoms with Gasteiger partial charge in [0, 0.05) is 28.6 Å². The summed E-state index contributed by atoms with van der Waals surface area (Å²) in [6.45, 7) is 0. The van der Waals surface area contributed by atoms with Crippen molar-refractivity contribution in [3.8, 4) is 22.5 Å². The van der Waals surface area contributed by atoms with Crippen molar-refractivity contribution in [2.24, 2.45) is 0 Å². The molecule has 0 amide bonds. The quantitative estimate of drug-likeness (QED) is 0.407. The molecule has 1 saturated carbocycles.